The molecule has 1 heterocycles. The van der Waals surface area contributed by atoms with Crippen LogP contribution in [0.4, 0.5) is 8.78 Å². The molecule has 0 aromatic heterocycles. The smallest absolute Gasteiger partial charge is 0.291 e. The number of hydrogen-bond donors (Lipinski definition) is 0. The highest BCUT2D eigenvalue weighted by Gasteiger charge is 2.49. The highest BCUT2D eigenvalue weighted by Crippen LogP contribution is 2.20. The number of Topliss-reactive ketones (excluding diaryl/α,β-unsaturated/α-hetero) is 2. The molecule has 0 atom stereocenters. The Morgan fingerprint density at radius 2 is 1.64 bits per heavy atom. The molecule has 0 bridgehead atoms. The predicted octanol–water partition coefficient (Wildman–Crippen LogP) is -0.295. The van der Waals surface area contributed by atoms with Gasteiger partial charge < -0.3 is 0 Å². The Morgan fingerprint density at radius 3 is 2.00 bits per heavy atom. The Hall–Kier alpha value is -0.840. The number of hydrogen-bond acceptors (Lipinski definition) is 3. The van der Waals surface area contributed by atoms with E-state index in [1.54, 1.807) is 0 Å². The molecule has 62 valence electrons. The van der Waals surface area contributed by atoms with E-state index in [9.17, 15) is 18.4 Å². The van der Waals surface area contributed by atoms with Gasteiger partial charge in [-0.25, -0.2) is 0 Å². The number of halogens is 2. The molecule has 0 saturated carbocycles. The monoisotopic (exact) mass is 163 g/mol. The van der Waals surface area contributed by atoms with Crippen molar-refractivity contribution in [2.75, 3.05) is 20.1 Å². The zero-order valence-electron chi connectivity index (χ0n) is 5.93. The van der Waals surface area contributed by atoms with E-state index < -0.39 is 17.5 Å². The number of carbonyl (C=O) groups excluding carboxylic acids is 2. The third-order valence-corrected chi connectivity index (χ3v) is 1.53. The van der Waals surface area contributed by atoms with E-state index in [4.69, 9.17) is 0 Å². The van der Waals surface area contributed by atoms with Crippen molar-refractivity contribution in [3.05, 3.63) is 0 Å². The van der Waals surface area contributed by atoms with Crippen molar-refractivity contribution in [2.45, 2.75) is 5.92 Å². The van der Waals surface area contributed by atoms with E-state index in [0.29, 0.717) is 0 Å². The molecule has 1 aliphatic rings. The lowest BCUT2D eigenvalue weighted by Crippen LogP contribution is -2.53. The van der Waals surface area contributed by atoms with Crippen molar-refractivity contribution < 1.29 is 18.4 Å². The second-order valence-electron chi connectivity index (χ2n) is 2.59. The van der Waals surface area contributed by atoms with Crippen molar-refractivity contribution >= 4 is 11.6 Å². The summed E-state index contributed by atoms with van der Waals surface area (Å²) in [6.45, 7) is -0.697. The van der Waals surface area contributed by atoms with Gasteiger partial charge in [0.2, 0.25) is 11.6 Å². The molecule has 0 amide bonds. The average molecular weight is 163 g/mol. The van der Waals surface area contributed by atoms with Crippen LogP contribution < -0.4 is 0 Å². The van der Waals surface area contributed by atoms with Crippen molar-refractivity contribution in [3.8, 4) is 0 Å². The molecule has 0 aromatic rings. The summed E-state index contributed by atoms with van der Waals surface area (Å²) in [4.78, 5) is 22.3. The summed E-state index contributed by atoms with van der Waals surface area (Å²) in [6.07, 6.45) is 0. The Kier molecular flexibility index (Phi) is 1.75. The topological polar surface area (TPSA) is 37.4 Å². The Balaban J connectivity index is 2.84. The van der Waals surface area contributed by atoms with Crippen LogP contribution in [0.1, 0.15) is 0 Å². The normalized spacial score (nSPS) is 25.7. The molecule has 0 radical (unpaired) electrons. The minimum absolute atomic E-state index is 0.348. The van der Waals surface area contributed by atoms with Gasteiger partial charge in [-0.05, 0) is 7.05 Å². The zero-order valence-corrected chi connectivity index (χ0v) is 5.93. The quantitative estimate of drug-likeness (QED) is 0.460. The largest absolute Gasteiger partial charge is 0.365 e. The number of carbonyl (C=O) groups is 2. The van der Waals surface area contributed by atoms with Crippen LogP contribution in [0.3, 0.4) is 0 Å². The van der Waals surface area contributed by atoms with Crippen molar-refractivity contribution in [3.63, 3.8) is 0 Å². The molecule has 0 unspecified atom stereocenters. The molecule has 11 heavy (non-hydrogen) atoms. The average Bonchev–Trinajstić information content (AvgIpc) is 1.84. The van der Waals surface area contributed by atoms with Crippen LogP contribution in [-0.2, 0) is 9.59 Å². The molecule has 1 aliphatic heterocycles. The molecule has 1 fully saturated rings. The SMILES string of the molecule is CN1CC(=O)C(F)(F)C(=O)C1. The molecule has 1 rings (SSSR count). The van der Waals surface area contributed by atoms with Gasteiger partial charge in [-0.3, -0.25) is 14.5 Å². The molecule has 0 N–H and O–H groups in total. The number of alkyl halides is 2. The maximum absolute atomic E-state index is 12.4. The second kappa shape index (κ2) is 2.34. The molecule has 1 saturated heterocycles. The first kappa shape index (κ1) is 8.26. The van der Waals surface area contributed by atoms with Gasteiger partial charge in [0.25, 0.3) is 0 Å². The van der Waals surface area contributed by atoms with E-state index in [2.05, 4.69) is 0 Å². The third-order valence-electron chi connectivity index (χ3n) is 1.53. The molecule has 0 aliphatic carbocycles. The Morgan fingerprint density at radius 1 is 1.27 bits per heavy atom. The fourth-order valence-electron chi connectivity index (χ4n) is 0.900. The van der Waals surface area contributed by atoms with Gasteiger partial charge in [0.1, 0.15) is 0 Å². The predicted molar refractivity (Wildman–Crippen MR) is 32.5 cm³/mol. The molecule has 0 spiro atoms. The van der Waals surface area contributed by atoms with Gasteiger partial charge in [0.15, 0.2) is 0 Å². The first-order valence-corrected chi connectivity index (χ1v) is 3.07. The summed E-state index contributed by atoms with van der Waals surface area (Å²) in [5.41, 5.74) is 0. The van der Waals surface area contributed by atoms with Gasteiger partial charge in [0, 0.05) is 0 Å². The minimum Gasteiger partial charge on any atom is -0.291 e. The third kappa shape index (κ3) is 1.28. The van der Waals surface area contributed by atoms with E-state index in [-0.39, 0.29) is 13.1 Å². The standard InChI is InChI=1S/C6H7F2NO2/c1-9-2-4(10)6(7,8)5(11)3-9/h2-3H2,1H3. The summed E-state index contributed by atoms with van der Waals surface area (Å²) < 4.78 is 24.9. The van der Waals surface area contributed by atoms with Crippen LogP contribution >= 0.6 is 0 Å². The molecular formula is C6H7F2NO2. The minimum atomic E-state index is -3.74. The van der Waals surface area contributed by atoms with E-state index in [1.165, 1.54) is 11.9 Å². The first-order valence-electron chi connectivity index (χ1n) is 3.07. The number of ketones is 2. The fraction of sp³-hybridized carbons (Fsp3) is 0.667. The summed E-state index contributed by atoms with van der Waals surface area (Å²) in [5.74, 6) is -6.36. The highest BCUT2D eigenvalue weighted by molar-refractivity contribution is 6.11. The maximum atomic E-state index is 12.4. The van der Waals surface area contributed by atoms with Crippen molar-refractivity contribution in [2.24, 2.45) is 0 Å². The van der Waals surface area contributed by atoms with Crippen molar-refractivity contribution in [1.29, 1.82) is 0 Å². The summed E-state index contributed by atoms with van der Waals surface area (Å²) in [5, 5.41) is 0. The zero-order chi connectivity index (χ0) is 8.65. The van der Waals surface area contributed by atoms with Gasteiger partial charge in [-0.15, -0.1) is 0 Å². The van der Waals surface area contributed by atoms with Crippen LogP contribution in [-0.4, -0.2) is 42.5 Å². The second-order valence-corrected chi connectivity index (χ2v) is 2.59. The Labute approximate surface area is 62.0 Å². The molecule has 5 heteroatoms. The molecule has 0 aromatic carbocycles. The van der Waals surface area contributed by atoms with Gasteiger partial charge >= 0.3 is 5.92 Å². The lowest BCUT2D eigenvalue weighted by molar-refractivity contribution is -0.162. The maximum Gasteiger partial charge on any atom is 0.365 e. The summed E-state index contributed by atoms with van der Waals surface area (Å²) in [6, 6.07) is 0. The van der Waals surface area contributed by atoms with Gasteiger partial charge in [-0.1, -0.05) is 0 Å². The molecular weight excluding hydrogens is 156 g/mol. The lowest BCUT2D eigenvalue weighted by Gasteiger charge is -2.25. The van der Waals surface area contributed by atoms with Gasteiger partial charge in [0.05, 0.1) is 13.1 Å². The van der Waals surface area contributed by atoms with E-state index in [0.717, 1.165) is 0 Å². The molecule has 3 nitrogen and oxygen atoms in total. The van der Waals surface area contributed by atoms with Crippen LogP contribution in [0.15, 0.2) is 0 Å². The number of likely N-dealkylation sites (N-methyl/N-ethyl adjacent to an activating group) is 1. The first-order chi connectivity index (χ1) is 4.94. The lowest BCUT2D eigenvalue weighted by atomic mass is 10.1. The van der Waals surface area contributed by atoms with Crippen LogP contribution in [0.5, 0.6) is 0 Å². The Bertz CT molecular complexity index is 195. The van der Waals surface area contributed by atoms with Crippen molar-refractivity contribution in [1.82, 2.24) is 4.90 Å². The fourth-order valence-corrected chi connectivity index (χ4v) is 0.900. The number of rotatable bonds is 0. The number of likely N-dealkylation sites (tertiary alicyclic amines) is 1. The van der Waals surface area contributed by atoms with Crippen LogP contribution in [0, 0.1) is 0 Å². The summed E-state index contributed by atoms with van der Waals surface area (Å²) in [7, 11) is 1.45. The van der Waals surface area contributed by atoms with Gasteiger partial charge in [-0.2, -0.15) is 8.78 Å². The summed E-state index contributed by atoms with van der Waals surface area (Å²) >= 11 is 0. The van der Waals surface area contributed by atoms with E-state index in [1.807, 2.05) is 0 Å². The van der Waals surface area contributed by atoms with E-state index >= 15 is 0 Å². The van der Waals surface area contributed by atoms with Crippen LogP contribution in [0.25, 0.3) is 0 Å². The number of nitrogens with zero attached hydrogens (tertiary/aromatic N) is 1. The highest BCUT2D eigenvalue weighted by atomic mass is 19.3. The number of piperidine rings is 1. The van der Waals surface area contributed by atoms with Crippen LogP contribution in [0.2, 0.25) is 0 Å².